The summed E-state index contributed by atoms with van der Waals surface area (Å²) < 4.78 is 5.14. The molecule has 0 aliphatic heterocycles. The molecule has 2 rings (SSSR count). The highest BCUT2D eigenvalue weighted by Gasteiger charge is 2.42. The minimum absolute atomic E-state index is 0.143. The third kappa shape index (κ3) is 2.41. The average Bonchev–Trinajstić information content (AvgIpc) is 2.89. The zero-order valence-electron chi connectivity index (χ0n) is 9.67. The third-order valence-corrected chi connectivity index (χ3v) is 2.95. The first kappa shape index (κ1) is 11.1. The molecular weight excluding hydrogens is 206 g/mol. The Hall–Kier alpha value is -1.36. The van der Waals surface area contributed by atoms with Gasteiger partial charge in [0.1, 0.15) is 0 Å². The number of methoxy groups -OCH3 is 1. The highest BCUT2D eigenvalue weighted by molar-refractivity contribution is 5.90. The minimum Gasteiger partial charge on any atom is -0.384 e. The molecule has 0 saturated heterocycles. The molecule has 1 saturated carbocycles. The van der Waals surface area contributed by atoms with Crippen molar-refractivity contribution in [3.8, 4) is 0 Å². The molecule has 0 bridgehead atoms. The summed E-state index contributed by atoms with van der Waals surface area (Å²) in [5, 5.41) is 2.89. The van der Waals surface area contributed by atoms with Gasteiger partial charge in [-0.05, 0) is 19.8 Å². The number of imidazole rings is 1. The molecule has 0 aromatic carbocycles. The van der Waals surface area contributed by atoms with Crippen LogP contribution in [0.3, 0.4) is 0 Å². The molecule has 2 N–H and O–H groups in total. The number of rotatable bonds is 5. The van der Waals surface area contributed by atoms with Crippen LogP contribution in [-0.4, -0.2) is 36.1 Å². The van der Waals surface area contributed by atoms with Gasteiger partial charge in [-0.3, -0.25) is 4.79 Å². The average molecular weight is 223 g/mol. The first-order valence-corrected chi connectivity index (χ1v) is 5.44. The molecule has 1 heterocycles. The van der Waals surface area contributed by atoms with E-state index in [4.69, 9.17) is 4.74 Å². The van der Waals surface area contributed by atoms with Crippen molar-refractivity contribution >= 4 is 5.91 Å². The molecule has 0 spiro atoms. The molecule has 1 amide bonds. The maximum atomic E-state index is 11.7. The van der Waals surface area contributed by atoms with Crippen molar-refractivity contribution in [3.63, 3.8) is 0 Å². The predicted molar refractivity (Wildman–Crippen MR) is 59.2 cm³/mol. The van der Waals surface area contributed by atoms with Crippen LogP contribution in [0, 0.1) is 12.3 Å². The van der Waals surface area contributed by atoms with Crippen LogP contribution in [0.5, 0.6) is 0 Å². The van der Waals surface area contributed by atoms with Crippen molar-refractivity contribution in [2.24, 2.45) is 5.41 Å². The second-order valence-corrected chi connectivity index (χ2v) is 4.53. The van der Waals surface area contributed by atoms with Gasteiger partial charge in [0, 0.05) is 31.0 Å². The third-order valence-electron chi connectivity index (χ3n) is 2.95. The fourth-order valence-corrected chi connectivity index (χ4v) is 1.73. The number of carbonyl (C=O) groups excluding carboxylic acids is 1. The Labute approximate surface area is 94.6 Å². The Bertz CT molecular complexity index is 382. The lowest BCUT2D eigenvalue weighted by Crippen LogP contribution is -2.32. The van der Waals surface area contributed by atoms with Crippen molar-refractivity contribution in [2.45, 2.75) is 19.8 Å². The van der Waals surface area contributed by atoms with E-state index in [2.05, 4.69) is 15.3 Å². The van der Waals surface area contributed by atoms with Crippen molar-refractivity contribution in [1.82, 2.24) is 15.3 Å². The number of H-pyrrole nitrogens is 1. The molecule has 16 heavy (non-hydrogen) atoms. The number of nitrogens with one attached hydrogen (secondary N) is 2. The lowest BCUT2D eigenvalue weighted by atomic mass is 10.1. The smallest absolute Gasteiger partial charge is 0.287 e. The molecule has 1 aliphatic rings. The van der Waals surface area contributed by atoms with Crippen LogP contribution in [0.2, 0.25) is 0 Å². The van der Waals surface area contributed by atoms with E-state index in [9.17, 15) is 4.79 Å². The summed E-state index contributed by atoms with van der Waals surface area (Å²) in [6.07, 6.45) is 3.90. The van der Waals surface area contributed by atoms with Gasteiger partial charge < -0.3 is 15.0 Å². The Morgan fingerprint density at radius 1 is 1.69 bits per heavy atom. The van der Waals surface area contributed by atoms with Crippen molar-refractivity contribution in [1.29, 1.82) is 0 Å². The second kappa shape index (κ2) is 4.25. The Balaban J connectivity index is 1.84. The lowest BCUT2D eigenvalue weighted by molar-refractivity contribution is 0.0910. The molecule has 0 atom stereocenters. The summed E-state index contributed by atoms with van der Waals surface area (Å²) in [5.41, 5.74) is 1.06. The highest BCUT2D eigenvalue weighted by atomic mass is 16.5. The molecule has 5 nitrogen and oxygen atoms in total. The molecule has 1 aromatic rings. The molecule has 1 aromatic heterocycles. The van der Waals surface area contributed by atoms with Crippen molar-refractivity contribution < 1.29 is 9.53 Å². The van der Waals surface area contributed by atoms with Crippen molar-refractivity contribution in [3.05, 3.63) is 17.7 Å². The largest absolute Gasteiger partial charge is 0.384 e. The molecule has 1 fully saturated rings. The van der Waals surface area contributed by atoms with Crippen LogP contribution >= 0.6 is 0 Å². The predicted octanol–water partition coefficient (Wildman–Crippen LogP) is 0.875. The monoisotopic (exact) mass is 223 g/mol. The number of amides is 1. The number of hydrogen-bond acceptors (Lipinski definition) is 3. The fourth-order valence-electron chi connectivity index (χ4n) is 1.73. The van der Waals surface area contributed by atoms with Crippen LogP contribution in [0.15, 0.2) is 6.20 Å². The van der Waals surface area contributed by atoms with Gasteiger partial charge in [0.2, 0.25) is 0 Å². The summed E-state index contributed by atoms with van der Waals surface area (Å²) >= 11 is 0. The van der Waals surface area contributed by atoms with Gasteiger partial charge in [-0.15, -0.1) is 0 Å². The number of aryl methyl sites for hydroxylation is 1. The minimum atomic E-state index is -0.143. The fraction of sp³-hybridized carbons (Fsp3) is 0.636. The summed E-state index contributed by atoms with van der Waals surface area (Å²) in [6.45, 7) is 3.25. The SMILES string of the molecule is COCC1(CNC(=O)c2ncc(C)[nH]2)CC1. The summed E-state index contributed by atoms with van der Waals surface area (Å²) in [4.78, 5) is 18.6. The quantitative estimate of drug-likeness (QED) is 0.778. The molecule has 0 radical (unpaired) electrons. The lowest BCUT2D eigenvalue weighted by Gasteiger charge is -2.13. The van der Waals surface area contributed by atoms with Gasteiger partial charge >= 0.3 is 0 Å². The maximum Gasteiger partial charge on any atom is 0.287 e. The summed E-state index contributed by atoms with van der Waals surface area (Å²) in [5.74, 6) is 0.237. The van der Waals surface area contributed by atoms with E-state index in [1.165, 1.54) is 0 Å². The Morgan fingerprint density at radius 2 is 2.44 bits per heavy atom. The molecule has 0 unspecified atom stereocenters. The second-order valence-electron chi connectivity index (χ2n) is 4.53. The number of nitrogens with zero attached hydrogens (tertiary/aromatic N) is 1. The van der Waals surface area contributed by atoms with E-state index in [1.807, 2.05) is 6.92 Å². The summed E-state index contributed by atoms with van der Waals surface area (Å²) in [7, 11) is 1.69. The van der Waals surface area contributed by atoms with Crippen molar-refractivity contribution in [2.75, 3.05) is 20.3 Å². The highest BCUT2D eigenvalue weighted by Crippen LogP contribution is 2.44. The van der Waals surface area contributed by atoms with Crippen LogP contribution in [0.25, 0.3) is 0 Å². The van der Waals surface area contributed by atoms with Gasteiger partial charge in [0.15, 0.2) is 5.82 Å². The van der Waals surface area contributed by atoms with Crippen LogP contribution in [0.4, 0.5) is 0 Å². The van der Waals surface area contributed by atoms with Gasteiger partial charge in [0.25, 0.3) is 5.91 Å². The van der Waals surface area contributed by atoms with E-state index in [0.29, 0.717) is 19.0 Å². The van der Waals surface area contributed by atoms with E-state index in [0.717, 1.165) is 18.5 Å². The summed E-state index contributed by atoms with van der Waals surface area (Å²) in [6, 6.07) is 0. The Kier molecular flexibility index (Phi) is 2.96. The normalized spacial score (nSPS) is 17.1. The number of aromatic amines is 1. The zero-order valence-corrected chi connectivity index (χ0v) is 9.67. The van der Waals surface area contributed by atoms with E-state index in [1.54, 1.807) is 13.3 Å². The first-order valence-electron chi connectivity index (χ1n) is 5.44. The maximum absolute atomic E-state index is 11.7. The molecule has 5 heteroatoms. The van der Waals surface area contributed by atoms with Gasteiger partial charge in [-0.1, -0.05) is 0 Å². The number of carbonyl (C=O) groups is 1. The topological polar surface area (TPSA) is 67.0 Å². The standard InChI is InChI=1S/C11H17N3O2/c1-8-5-12-9(14-8)10(15)13-6-11(3-4-11)7-16-2/h5H,3-4,6-7H2,1-2H3,(H,12,14)(H,13,15). The van der Waals surface area contributed by atoms with Crippen LogP contribution in [0.1, 0.15) is 29.2 Å². The van der Waals surface area contributed by atoms with Crippen LogP contribution in [-0.2, 0) is 4.74 Å². The van der Waals surface area contributed by atoms with Gasteiger partial charge in [0.05, 0.1) is 6.61 Å². The number of hydrogen-bond donors (Lipinski definition) is 2. The van der Waals surface area contributed by atoms with Gasteiger partial charge in [-0.25, -0.2) is 4.98 Å². The molecule has 1 aliphatic carbocycles. The van der Waals surface area contributed by atoms with Crippen LogP contribution < -0.4 is 5.32 Å². The van der Waals surface area contributed by atoms with Gasteiger partial charge in [-0.2, -0.15) is 0 Å². The van der Waals surface area contributed by atoms with E-state index in [-0.39, 0.29) is 11.3 Å². The number of aromatic nitrogens is 2. The zero-order chi connectivity index (χ0) is 11.6. The first-order chi connectivity index (χ1) is 7.65. The van der Waals surface area contributed by atoms with E-state index >= 15 is 0 Å². The Morgan fingerprint density at radius 3 is 2.94 bits per heavy atom. The number of ether oxygens (including phenoxy) is 1. The molecular formula is C11H17N3O2. The van der Waals surface area contributed by atoms with E-state index < -0.39 is 0 Å². The molecule has 88 valence electrons.